The summed E-state index contributed by atoms with van der Waals surface area (Å²) in [6.07, 6.45) is -3.77. The number of morpholine rings is 1. The minimum atomic E-state index is -1.22. The highest BCUT2D eigenvalue weighted by Gasteiger charge is 2.46. The number of fused-ring (bicyclic) bond motifs is 1. The average molecular weight is 472 g/mol. The molecule has 1 aromatic rings. The highest BCUT2D eigenvalue weighted by molar-refractivity contribution is 6.27. The summed E-state index contributed by atoms with van der Waals surface area (Å²) in [6.45, 7) is 5.70. The summed E-state index contributed by atoms with van der Waals surface area (Å²) in [4.78, 5) is 41.0. The van der Waals surface area contributed by atoms with E-state index in [9.17, 15) is 19.5 Å². The molecule has 1 aliphatic carbocycles. The van der Waals surface area contributed by atoms with E-state index in [0.717, 1.165) is 0 Å². The lowest BCUT2D eigenvalue weighted by molar-refractivity contribution is -0.290. The van der Waals surface area contributed by atoms with Crippen LogP contribution in [0.15, 0.2) is 35.4 Å². The van der Waals surface area contributed by atoms with Gasteiger partial charge in [0.15, 0.2) is 29.9 Å². The summed E-state index contributed by atoms with van der Waals surface area (Å²) in [5.74, 6) is -0.877. The Morgan fingerprint density at radius 2 is 1.76 bits per heavy atom. The quantitative estimate of drug-likeness (QED) is 0.694. The highest BCUT2D eigenvalue weighted by atomic mass is 16.8. The van der Waals surface area contributed by atoms with Crippen LogP contribution in [0.4, 0.5) is 0 Å². The van der Waals surface area contributed by atoms with Crippen molar-refractivity contribution >= 4 is 17.3 Å². The highest BCUT2D eigenvalue weighted by Crippen LogP contribution is 2.38. The van der Waals surface area contributed by atoms with Crippen molar-refractivity contribution in [3.63, 3.8) is 0 Å². The number of hydrogen-bond acceptors (Lipinski definition) is 9. The second-order valence-electron chi connectivity index (χ2n) is 9.22. The van der Waals surface area contributed by atoms with Crippen LogP contribution in [0.5, 0.6) is 0 Å². The van der Waals surface area contributed by atoms with Crippen LogP contribution in [0.25, 0.3) is 0 Å². The molecule has 0 spiro atoms. The number of carbonyl (C=O) groups is 3. The summed E-state index contributed by atoms with van der Waals surface area (Å²) in [7, 11) is 0. The van der Waals surface area contributed by atoms with Crippen LogP contribution in [0.1, 0.15) is 47.4 Å². The number of hydrogen-bond donors (Lipinski definition) is 1. The molecule has 1 N–H and O–H groups in total. The van der Waals surface area contributed by atoms with Gasteiger partial charge in [-0.15, -0.1) is 0 Å². The van der Waals surface area contributed by atoms with Crippen molar-refractivity contribution in [3.8, 4) is 0 Å². The molecule has 0 aromatic heterocycles. The molecule has 0 amide bonds. The first-order valence-corrected chi connectivity index (χ1v) is 11.7. The standard InChI is InChI=1S/C25H29NO8/c1-13(27)19-11-17-21(24(30)16-6-4-3-5-15(16)23(17)29)25(33-19)34-20-12-18(22(28)14(2)32-20)26-7-9-31-10-8-26/h3-6,14,18-20,22,25,28H,7-12H2,1-2H3/t14-,18-,19-,20-,22+,25+/m0/s1. The van der Waals surface area contributed by atoms with Crippen molar-refractivity contribution in [2.24, 2.45) is 0 Å². The zero-order valence-electron chi connectivity index (χ0n) is 19.3. The van der Waals surface area contributed by atoms with Gasteiger partial charge in [-0.05, 0) is 13.8 Å². The van der Waals surface area contributed by atoms with Crippen LogP contribution >= 0.6 is 0 Å². The number of aliphatic hydroxyl groups is 1. The molecule has 5 rings (SSSR count). The second kappa shape index (κ2) is 9.41. The first-order chi connectivity index (χ1) is 16.3. The minimum Gasteiger partial charge on any atom is -0.389 e. The van der Waals surface area contributed by atoms with E-state index in [1.165, 1.54) is 6.92 Å². The SMILES string of the molecule is CC(=O)[C@@H]1CC2=C(C(=O)c3ccccc3C2=O)[C@@H](O[C@H]2C[C@H](N3CCOCC3)[C@H](O)[C@H](C)O2)O1. The Labute approximate surface area is 197 Å². The molecule has 1 aromatic carbocycles. The van der Waals surface area contributed by atoms with Crippen molar-refractivity contribution in [2.75, 3.05) is 26.3 Å². The monoisotopic (exact) mass is 471 g/mol. The van der Waals surface area contributed by atoms with Crippen molar-refractivity contribution in [1.29, 1.82) is 0 Å². The van der Waals surface area contributed by atoms with Gasteiger partial charge in [0.1, 0.15) is 6.10 Å². The largest absolute Gasteiger partial charge is 0.389 e. The van der Waals surface area contributed by atoms with Gasteiger partial charge < -0.3 is 24.1 Å². The van der Waals surface area contributed by atoms with Crippen LogP contribution in [0.2, 0.25) is 0 Å². The lowest BCUT2D eigenvalue weighted by Crippen LogP contribution is -2.58. The lowest BCUT2D eigenvalue weighted by Gasteiger charge is -2.45. The third kappa shape index (κ3) is 4.17. The van der Waals surface area contributed by atoms with Crippen LogP contribution < -0.4 is 0 Å². The Balaban J connectivity index is 1.44. The van der Waals surface area contributed by atoms with Gasteiger partial charge in [-0.2, -0.15) is 0 Å². The zero-order valence-corrected chi connectivity index (χ0v) is 19.3. The molecule has 2 saturated heterocycles. The predicted molar refractivity (Wildman–Crippen MR) is 118 cm³/mol. The normalized spacial score (nSPS) is 34.6. The number of nitrogens with zero attached hydrogens (tertiary/aromatic N) is 1. The number of rotatable bonds is 4. The molecule has 4 aliphatic rings. The number of aliphatic hydroxyl groups excluding tert-OH is 1. The Morgan fingerprint density at radius 3 is 2.44 bits per heavy atom. The predicted octanol–water partition coefficient (Wildman–Crippen LogP) is 1.28. The van der Waals surface area contributed by atoms with Gasteiger partial charge in [0.05, 0.1) is 31.0 Å². The maximum absolute atomic E-state index is 13.4. The van der Waals surface area contributed by atoms with E-state index in [2.05, 4.69) is 4.90 Å². The summed E-state index contributed by atoms with van der Waals surface area (Å²) >= 11 is 0. The molecule has 0 saturated carbocycles. The maximum Gasteiger partial charge on any atom is 0.195 e. The maximum atomic E-state index is 13.4. The molecular formula is C25H29NO8. The van der Waals surface area contributed by atoms with E-state index in [1.54, 1.807) is 31.2 Å². The third-order valence-electron chi connectivity index (χ3n) is 7.09. The summed E-state index contributed by atoms with van der Waals surface area (Å²) in [5.41, 5.74) is 1.01. The first-order valence-electron chi connectivity index (χ1n) is 11.7. The fourth-order valence-electron chi connectivity index (χ4n) is 5.21. The van der Waals surface area contributed by atoms with E-state index < -0.39 is 30.9 Å². The zero-order chi connectivity index (χ0) is 24.0. The lowest BCUT2D eigenvalue weighted by atomic mass is 9.80. The van der Waals surface area contributed by atoms with Gasteiger partial charge in [-0.3, -0.25) is 19.3 Å². The van der Waals surface area contributed by atoms with Gasteiger partial charge in [-0.1, -0.05) is 24.3 Å². The first kappa shape index (κ1) is 23.5. The minimum absolute atomic E-state index is 0.0283. The Bertz CT molecular complexity index is 1030. The molecule has 3 heterocycles. The van der Waals surface area contributed by atoms with E-state index >= 15 is 0 Å². The van der Waals surface area contributed by atoms with Crippen LogP contribution in [0, 0.1) is 0 Å². The summed E-state index contributed by atoms with van der Waals surface area (Å²) < 4.78 is 23.4. The molecule has 3 aliphatic heterocycles. The molecule has 2 fully saturated rings. The van der Waals surface area contributed by atoms with Crippen molar-refractivity contribution < 1.29 is 38.4 Å². The van der Waals surface area contributed by atoms with E-state index in [1.807, 2.05) is 0 Å². The fourth-order valence-corrected chi connectivity index (χ4v) is 5.21. The second-order valence-corrected chi connectivity index (χ2v) is 9.22. The van der Waals surface area contributed by atoms with E-state index in [-0.39, 0.29) is 41.0 Å². The molecule has 0 unspecified atom stereocenters. The third-order valence-corrected chi connectivity index (χ3v) is 7.09. The Hall–Kier alpha value is -2.27. The number of benzene rings is 1. The van der Waals surface area contributed by atoms with Gasteiger partial charge in [0.2, 0.25) is 0 Å². The Kier molecular flexibility index (Phi) is 6.49. The van der Waals surface area contributed by atoms with Gasteiger partial charge in [0, 0.05) is 48.7 Å². The van der Waals surface area contributed by atoms with Gasteiger partial charge in [0.25, 0.3) is 0 Å². The number of Topliss-reactive ketones (excluding diaryl/α,β-unsaturated/α-hetero) is 3. The molecule has 0 bridgehead atoms. The van der Waals surface area contributed by atoms with E-state index in [0.29, 0.717) is 43.9 Å². The molecule has 9 heteroatoms. The molecule has 182 valence electrons. The van der Waals surface area contributed by atoms with Gasteiger partial charge >= 0.3 is 0 Å². The van der Waals surface area contributed by atoms with Crippen molar-refractivity contribution in [2.45, 2.75) is 63.6 Å². The number of carbonyl (C=O) groups excluding carboxylic acids is 3. The topological polar surface area (TPSA) is 112 Å². The Morgan fingerprint density at radius 1 is 1.09 bits per heavy atom. The fraction of sp³-hybridized carbons (Fsp3) is 0.560. The molecule has 6 atom stereocenters. The smallest absolute Gasteiger partial charge is 0.195 e. The van der Waals surface area contributed by atoms with Crippen LogP contribution in [-0.4, -0.2) is 90.6 Å². The van der Waals surface area contributed by atoms with Crippen molar-refractivity contribution in [3.05, 3.63) is 46.5 Å². The molecule has 9 nitrogen and oxygen atoms in total. The molecular weight excluding hydrogens is 442 g/mol. The summed E-state index contributed by atoms with van der Waals surface area (Å²) in [5, 5.41) is 10.8. The molecule has 34 heavy (non-hydrogen) atoms. The number of ketones is 3. The molecule has 0 radical (unpaired) electrons. The van der Waals surface area contributed by atoms with Crippen LogP contribution in [0.3, 0.4) is 0 Å². The van der Waals surface area contributed by atoms with Gasteiger partial charge in [-0.25, -0.2) is 0 Å². The van der Waals surface area contributed by atoms with Crippen LogP contribution in [-0.2, 0) is 23.7 Å². The number of ether oxygens (including phenoxy) is 4. The van der Waals surface area contributed by atoms with E-state index in [4.69, 9.17) is 18.9 Å². The summed E-state index contributed by atoms with van der Waals surface area (Å²) in [6, 6.07) is 6.42. The van der Waals surface area contributed by atoms with Crippen molar-refractivity contribution in [1.82, 2.24) is 4.90 Å². The average Bonchev–Trinajstić information content (AvgIpc) is 2.84.